The van der Waals surface area contributed by atoms with Crippen LogP contribution in [0.15, 0.2) is 28.2 Å². The van der Waals surface area contributed by atoms with Crippen molar-refractivity contribution in [3.63, 3.8) is 0 Å². The number of carbonyl (C=O) groups excluding carboxylic acids is 1. The Labute approximate surface area is 154 Å². The largest absolute Gasteiger partial charge is 0.325 e. The van der Waals surface area contributed by atoms with E-state index in [2.05, 4.69) is 15.3 Å². The molecule has 1 aromatic carbocycles. The van der Waals surface area contributed by atoms with Crippen LogP contribution in [0.5, 0.6) is 0 Å². The summed E-state index contributed by atoms with van der Waals surface area (Å²) >= 11 is 7.08. The number of aryl methyl sites for hydroxylation is 2. The van der Waals surface area contributed by atoms with E-state index in [1.54, 1.807) is 19.1 Å². The van der Waals surface area contributed by atoms with Crippen molar-refractivity contribution in [2.45, 2.75) is 37.6 Å². The Hall–Kier alpha value is -2.30. The third-order valence-corrected chi connectivity index (χ3v) is 4.75. The van der Waals surface area contributed by atoms with Gasteiger partial charge in [-0.2, -0.15) is 5.26 Å². The van der Waals surface area contributed by atoms with Gasteiger partial charge in [-0.15, -0.1) is 0 Å². The normalized spacial score (nSPS) is 11.6. The number of rotatable bonds is 5. The van der Waals surface area contributed by atoms with Gasteiger partial charge in [-0.05, 0) is 38.0 Å². The second-order valence-electron chi connectivity index (χ2n) is 5.37. The molecule has 2 rings (SSSR count). The van der Waals surface area contributed by atoms with Crippen LogP contribution in [0.25, 0.3) is 0 Å². The molecule has 0 aliphatic rings. The number of hydrogen-bond donors (Lipinski definition) is 2. The minimum absolute atomic E-state index is 0.0125. The SMILES string of the molecule is CCc1nc(S[C@@H](C)C(=O)Nc2cc(Cl)ccc2C)[nH]c(=O)c1C#N. The van der Waals surface area contributed by atoms with Crippen LogP contribution in [-0.4, -0.2) is 21.1 Å². The van der Waals surface area contributed by atoms with Crippen molar-refractivity contribution in [3.8, 4) is 6.07 Å². The van der Waals surface area contributed by atoms with Crippen LogP contribution in [-0.2, 0) is 11.2 Å². The van der Waals surface area contributed by atoms with E-state index in [-0.39, 0.29) is 11.5 Å². The van der Waals surface area contributed by atoms with Gasteiger partial charge < -0.3 is 10.3 Å². The summed E-state index contributed by atoms with van der Waals surface area (Å²) in [4.78, 5) is 31.1. The van der Waals surface area contributed by atoms with Crippen molar-refractivity contribution in [3.05, 3.63) is 50.4 Å². The lowest BCUT2D eigenvalue weighted by Crippen LogP contribution is -2.24. The second kappa shape index (κ2) is 8.19. The molecule has 2 aromatic rings. The zero-order valence-corrected chi connectivity index (χ0v) is 15.6. The van der Waals surface area contributed by atoms with Gasteiger partial charge in [0, 0.05) is 10.7 Å². The van der Waals surface area contributed by atoms with Crippen LogP contribution < -0.4 is 10.9 Å². The molecule has 1 atom stereocenters. The highest BCUT2D eigenvalue weighted by atomic mass is 35.5. The molecule has 1 heterocycles. The summed E-state index contributed by atoms with van der Waals surface area (Å²) in [5, 5.41) is 12.2. The Morgan fingerprint density at radius 2 is 2.24 bits per heavy atom. The second-order valence-corrected chi connectivity index (χ2v) is 7.13. The van der Waals surface area contributed by atoms with E-state index in [1.165, 1.54) is 0 Å². The Bertz CT molecular complexity index is 904. The van der Waals surface area contributed by atoms with Crippen molar-refractivity contribution in [2.24, 2.45) is 0 Å². The monoisotopic (exact) mass is 376 g/mol. The summed E-state index contributed by atoms with van der Waals surface area (Å²) in [6.07, 6.45) is 0.461. The molecule has 2 N–H and O–H groups in total. The zero-order valence-electron chi connectivity index (χ0n) is 14.0. The number of benzene rings is 1. The molecule has 0 aliphatic heterocycles. The highest BCUT2D eigenvalue weighted by Gasteiger charge is 2.18. The number of aromatic amines is 1. The van der Waals surface area contributed by atoms with E-state index < -0.39 is 10.8 Å². The molecular weight excluding hydrogens is 360 g/mol. The molecule has 8 heteroatoms. The third-order valence-electron chi connectivity index (χ3n) is 3.53. The van der Waals surface area contributed by atoms with Gasteiger partial charge in [-0.1, -0.05) is 36.4 Å². The molecule has 1 aromatic heterocycles. The molecule has 0 saturated carbocycles. The van der Waals surface area contributed by atoms with Gasteiger partial charge in [0.05, 0.1) is 10.9 Å². The van der Waals surface area contributed by atoms with E-state index in [4.69, 9.17) is 16.9 Å². The first-order valence-corrected chi connectivity index (χ1v) is 8.88. The number of aromatic nitrogens is 2. The highest BCUT2D eigenvalue weighted by Crippen LogP contribution is 2.24. The van der Waals surface area contributed by atoms with Crippen LogP contribution in [0, 0.1) is 18.3 Å². The number of nitrogens with one attached hydrogen (secondary N) is 2. The number of nitriles is 1. The first kappa shape index (κ1) is 19.0. The lowest BCUT2D eigenvalue weighted by Gasteiger charge is -2.13. The number of hydrogen-bond acceptors (Lipinski definition) is 5. The van der Waals surface area contributed by atoms with Gasteiger partial charge in [-0.3, -0.25) is 9.59 Å². The van der Waals surface area contributed by atoms with Gasteiger partial charge in [0.1, 0.15) is 11.6 Å². The van der Waals surface area contributed by atoms with Crippen LogP contribution in [0.1, 0.15) is 30.7 Å². The van der Waals surface area contributed by atoms with Crippen LogP contribution in [0.3, 0.4) is 0 Å². The topological polar surface area (TPSA) is 98.6 Å². The molecule has 1 amide bonds. The van der Waals surface area contributed by atoms with Crippen LogP contribution in [0.2, 0.25) is 5.02 Å². The van der Waals surface area contributed by atoms with Gasteiger partial charge in [0.15, 0.2) is 5.16 Å². The van der Waals surface area contributed by atoms with Gasteiger partial charge in [0.25, 0.3) is 5.56 Å². The fourth-order valence-corrected chi connectivity index (χ4v) is 3.10. The number of halogens is 1. The zero-order chi connectivity index (χ0) is 18.6. The van der Waals surface area contributed by atoms with Crippen molar-refractivity contribution in [2.75, 3.05) is 5.32 Å². The lowest BCUT2D eigenvalue weighted by atomic mass is 10.2. The molecule has 0 aliphatic carbocycles. The Morgan fingerprint density at radius 3 is 2.88 bits per heavy atom. The van der Waals surface area contributed by atoms with E-state index in [1.807, 2.05) is 26.0 Å². The Balaban J connectivity index is 2.16. The minimum Gasteiger partial charge on any atom is -0.325 e. The fourth-order valence-electron chi connectivity index (χ4n) is 2.11. The Morgan fingerprint density at radius 1 is 1.52 bits per heavy atom. The number of amides is 1. The van der Waals surface area contributed by atoms with Crippen molar-refractivity contribution in [1.29, 1.82) is 5.26 Å². The molecule has 130 valence electrons. The standard InChI is InChI=1S/C17H17ClN4O2S/c1-4-13-12(8-19)16(24)22-17(21-13)25-10(3)15(23)20-14-7-11(18)6-5-9(14)2/h5-7,10H,4H2,1-3H3,(H,20,23)(H,21,22,24)/t10-/m0/s1. The number of anilines is 1. The van der Waals surface area contributed by atoms with Gasteiger partial charge in [-0.25, -0.2) is 4.98 Å². The summed E-state index contributed by atoms with van der Waals surface area (Å²) < 4.78 is 0. The van der Waals surface area contributed by atoms with Crippen molar-refractivity contribution < 1.29 is 4.79 Å². The van der Waals surface area contributed by atoms with Crippen LogP contribution >= 0.6 is 23.4 Å². The number of nitrogens with zero attached hydrogens (tertiary/aromatic N) is 2. The minimum atomic E-state index is -0.501. The molecule has 0 radical (unpaired) electrons. The highest BCUT2D eigenvalue weighted by molar-refractivity contribution is 8.00. The first-order valence-electron chi connectivity index (χ1n) is 7.62. The first-order chi connectivity index (χ1) is 11.8. The molecule has 0 unspecified atom stereocenters. The average molecular weight is 377 g/mol. The molecule has 6 nitrogen and oxygen atoms in total. The number of thioether (sulfide) groups is 1. The van der Waals surface area contributed by atoms with Gasteiger partial charge >= 0.3 is 0 Å². The summed E-state index contributed by atoms with van der Waals surface area (Å²) in [7, 11) is 0. The maximum Gasteiger partial charge on any atom is 0.269 e. The van der Waals surface area contributed by atoms with E-state index >= 15 is 0 Å². The fraction of sp³-hybridized carbons (Fsp3) is 0.294. The van der Waals surface area contributed by atoms with Crippen molar-refractivity contribution in [1.82, 2.24) is 9.97 Å². The van der Waals surface area contributed by atoms with Crippen molar-refractivity contribution >= 4 is 35.0 Å². The number of H-pyrrole nitrogens is 1. The molecule has 0 bridgehead atoms. The molecular formula is C17H17ClN4O2S. The van der Waals surface area contributed by atoms with Crippen LogP contribution in [0.4, 0.5) is 5.69 Å². The summed E-state index contributed by atoms with van der Waals surface area (Å²) in [5.74, 6) is -0.236. The lowest BCUT2D eigenvalue weighted by molar-refractivity contribution is -0.115. The van der Waals surface area contributed by atoms with Gasteiger partial charge in [0.2, 0.25) is 5.91 Å². The summed E-state index contributed by atoms with van der Waals surface area (Å²) in [5.41, 5.74) is 1.48. The third kappa shape index (κ3) is 4.62. The predicted octanol–water partition coefficient (Wildman–Crippen LogP) is 3.29. The Kier molecular flexibility index (Phi) is 6.23. The molecule has 0 saturated heterocycles. The molecule has 25 heavy (non-hydrogen) atoms. The number of carbonyl (C=O) groups is 1. The van der Waals surface area contributed by atoms with E-state index in [0.29, 0.717) is 28.0 Å². The quantitative estimate of drug-likeness (QED) is 0.616. The smallest absolute Gasteiger partial charge is 0.269 e. The molecule has 0 fully saturated rings. The maximum atomic E-state index is 12.4. The maximum absolute atomic E-state index is 12.4. The molecule has 0 spiro atoms. The van der Waals surface area contributed by atoms with E-state index in [9.17, 15) is 9.59 Å². The summed E-state index contributed by atoms with van der Waals surface area (Å²) in [6, 6.07) is 7.11. The average Bonchev–Trinajstić information content (AvgIpc) is 2.57. The van der Waals surface area contributed by atoms with E-state index in [0.717, 1.165) is 17.3 Å². The summed E-state index contributed by atoms with van der Waals surface area (Å²) in [6.45, 7) is 5.40. The predicted molar refractivity (Wildman–Crippen MR) is 99.1 cm³/mol.